The highest BCUT2D eigenvalue weighted by molar-refractivity contribution is 9.10. The molecule has 8 heteroatoms. The maximum atomic E-state index is 14.0. The second-order valence-corrected chi connectivity index (χ2v) is 7.87. The molecule has 0 bridgehead atoms. The number of hydrogen-bond acceptors (Lipinski definition) is 3. The number of rotatable bonds is 1. The Hall–Kier alpha value is -1.70. The molecule has 1 heterocycles. The molecule has 138 valence electrons. The molecule has 2 rings (SSSR count). The van der Waals surface area contributed by atoms with Gasteiger partial charge in [0.05, 0.1) is 10.0 Å². The highest BCUT2D eigenvalue weighted by Crippen LogP contribution is 2.23. The Morgan fingerprint density at radius 1 is 1.20 bits per heavy atom. The van der Waals surface area contributed by atoms with Crippen LogP contribution < -0.4 is 0 Å². The summed E-state index contributed by atoms with van der Waals surface area (Å²) >= 11 is 2.89. The number of amides is 2. The fraction of sp³-hybridized carbons (Fsp3) is 0.529. The van der Waals surface area contributed by atoms with Crippen LogP contribution in [-0.4, -0.2) is 53.1 Å². The topological polar surface area (TPSA) is 49.9 Å². The first-order chi connectivity index (χ1) is 11.5. The predicted octanol–water partition coefficient (Wildman–Crippen LogP) is 3.81. The number of hydrogen-bond donors (Lipinski definition) is 0. The SMILES string of the molecule is C[C@H]1CN(C(=O)OC(C)(C)C)CCN1C(=O)c1cc(F)c(Br)cc1F. The molecular formula is C17H21BrF2N2O3. The molecular weight excluding hydrogens is 398 g/mol. The molecule has 1 aliphatic rings. The zero-order chi connectivity index (χ0) is 18.9. The highest BCUT2D eigenvalue weighted by atomic mass is 79.9. The van der Waals surface area contributed by atoms with Crippen molar-refractivity contribution < 1.29 is 23.1 Å². The van der Waals surface area contributed by atoms with Gasteiger partial charge in [0.25, 0.3) is 5.91 Å². The van der Waals surface area contributed by atoms with Gasteiger partial charge in [-0.1, -0.05) is 0 Å². The van der Waals surface area contributed by atoms with E-state index in [2.05, 4.69) is 15.9 Å². The molecule has 0 unspecified atom stereocenters. The van der Waals surface area contributed by atoms with Gasteiger partial charge in [0.1, 0.15) is 17.2 Å². The largest absolute Gasteiger partial charge is 0.444 e. The first-order valence-corrected chi connectivity index (χ1v) is 8.72. The van der Waals surface area contributed by atoms with Gasteiger partial charge in [-0.25, -0.2) is 13.6 Å². The molecule has 2 amide bonds. The smallest absolute Gasteiger partial charge is 0.410 e. The van der Waals surface area contributed by atoms with Gasteiger partial charge >= 0.3 is 6.09 Å². The second kappa shape index (κ2) is 7.27. The van der Waals surface area contributed by atoms with E-state index in [9.17, 15) is 18.4 Å². The molecule has 0 saturated carbocycles. The molecule has 0 aromatic heterocycles. The van der Waals surface area contributed by atoms with Crippen LogP contribution in [0.25, 0.3) is 0 Å². The molecule has 1 fully saturated rings. The number of benzene rings is 1. The summed E-state index contributed by atoms with van der Waals surface area (Å²) in [6.45, 7) is 7.84. The second-order valence-electron chi connectivity index (χ2n) is 7.02. The van der Waals surface area contributed by atoms with E-state index in [1.54, 1.807) is 27.7 Å². The van der Waals surface area contributed by atoms with Crippen LogP contribution in [-0.2, 0) is 4.74 Å². The summed E-state index contributed by atoms with van der Waals surface area (Å²) in [5.41, 5.74) is -0.927. The Morgan fingerprint density at radius 3 is 2.40 bits per heavy atom. The van der Waals surface area contributed by atoms with Crippen LogP contribution in [0, 0.1) is 11.6 Å². The van der Waals surface area contributed by atoms with Gasteiger partial charge in [-0.2, -0.15) is 0 Å². The quantitative estimate of drug-likeness (QED) is 0.651. The Balaban J connectivity index is 2.10. The Bertz CT molecular complexity index is 691. The molecule has 1 aromatic carbocycles. The van der Waals surface area contributed by atoms with Gasteiger partial charge in [-0.3, -0.25) is 4.79 Å². The van der Waals surface area contributed by atoms with Crippen LogP contribution in [0.15, 0.2) is 16.6 Å². The Labute approximate surface area is 154 Å². The zero-order valence-electron chi connectivity index (χ0n) is 14.6. The number of nitrogens with zero attached hydrogens (tertiary/aromatic N) is 2. The fourth-order valence-corrected chi connectivity index (χ4v) is 2.91. The van der Waals surface area contributed by atoms with Crippen molar-refractivity contribution in [1.29, 1.82) is 0 Å². The first-order valence-electron chi connectivity index (χ1n) is 7.93. The van der Waals surface area contributed by atoms with E-state index in [-0.39, 0.29) is 35.7 Å². The van der Waals surface area contributed by atoms with Crippen LogP contribution in [0.2, 0.25) is 0 Å². The van der Waals surface area contributed by atoms with Crippen LogP contribution in [0.1, 0.15) is 38.1 Å². The van der Waals surface area contributed by atoms with Gasteiger partial charge < -0.3 is 14.5 Å². The molecule has 1 aliphatic heterocycles. The lowest BCUT2D eigenvalue weighted by atomic mass is 10.1. The van der Waals surface area contributed by atoms with Crippen LogP contribution in [0.4, 0.5) is 13.6 Å². The third-order valence-electron chi connectivity index (χ3n) is 3.78. The van der Waals surface area contributed by atoms with Crippen molar-refractivity contribution in [3.05, 3.63) is 33.8 Å². The van der Waals surface area contributed by atoms with Gasteiger partial charge in [-0.05, 0) is 55.8 Å². The summed E-state index contributed by atoms with van der Waals surface area (Å²) in [7, 11) is 0. The summed E-state index contributed by atoms with van der Waals surface area (Å²) in [6.07, 6.45) is -0.452. The summed E-state index contributed by atoms with van der Waals surface area (Å²) in [5.74, 6) is -2.09. The molecule has 1 saturated heterocycles. The van der Waals surface area contributed by atoms with Crippen LogP contribution in [0.3, 0.4) is 0 Å². The molecule has 1 aromatic rings. The van der Waals surface area contributed by atoms with Gasteiger partial charge in [0.2, 0.25) is 0 Å². The lowest BCUT2D eigenvalue weighted by Gasteiger charge is -2.40. The van der Waals surface area contributed by atoms with Crippen LogP contribution in [0.5, 0.6) is 0 Å². The van der Waals surface area contributed by atoms with Crippen molar-refractivity contribution in [3.8, 4) is 0 Å². The summed E-state index contributed by atoms with van der Waals surface area (Å²) in [6, 6.07) is 1.47. The van der Waals surface area contributed by atoms with E-state index in [1.807, 2.05) is 0 Å². The highest BCUT2D eigenvalue weighted by Gasteiger charge is 2.33. The minimum Gasteiger partial charge on any atom is -0.444 e. The molecule has 1 atom stereocenters. The number of piperazine rings is 1. The fourth-order valence-electron chi connectivity index (χ4n) is 2.59. The predicted molar refractivity (Wildman–Crippen MR) is 92.4 cm³/mol. The van der Waals surface area contributed by atoms with E-state index < -0.39 is 29.2 Å². The average molecular weight is 419 g/mol. The van der Waals surface area contributed by atoms with Crippen molar-refractivity contribution in [1.82, 2.24) is 9.80 Å². The average Bonchev–Trinajstić information content (AvgIpc) is 2.48. The number of carbonyl (C=O) groups is 2. The Morgan fingerprint density at radius 2 is 1.84 bits per heavy atom. The van der Waals surface area contributed by atoms with Gasteiger partial charge in [0.15, 0.2) is 0 Å². The first kappa shape index (κ1) is 19.6. The third-order valence-corrected chi connectivity index (χ3v) is 4.39. The number of halogens is 3. The molecule has 0 aliphatic carbocycles. The van der Waals surface area contributed by atoms with Crippen molar-refractivity contribution in [2.45, 2.75) is 39.3 Å². The molecule has 25 heavy (non-hydrogen) atoms. The molecule has 0 spiro atoms. The Kier molecular flexibility index (Phi) is 5.71. The van der Waals surface area contributed by atoms with Gasteiger partial charge in [-0.15, -0.1) is 0 Å². The number of ether oxygens (including phenoxy) is 1. The lowest BCUT2D eigenvalue weighted by molar-refractivity contribution is 0.00606. The van der Waals surface area contributed by atoms with E-state index in [0.29, 0.717) is 0 Å². The maximum Gasteiger partial charge on any atom is 0.410 e. The van der Waals surface area contributed by atoms with E-state index >= 15 is 0 Å². The minimum atomic E-state index is -0.792. The molecule has 0 radical (unpaired) electrons. The summed E-state index contributed by atoms with van der Waals surface area (Å²) in [5, 5.41) is 0. The lowest BCUT2D eigenvalue weighted by Crippen LogP contribution is -2.56. The van der Waals surface area contributed by atoms with Crippen LogP contribution >= 0.6 is 15.9 Å². The van der Waals surface area contributed by atoms with Gasteiger partial charge in [0, 0.05) is 25.7 Å². The normalized spacial score (nSPS) is 18.3. The van der Waals surface area contributed by atoms with Crippen molar-refractivity contribution in [2.24, 2.45) is 0 Å². The monoisotopic (exact) mass is 418 g/mol. The minimum absolute atomic E-state index is 0.0376. The summed E-state index contributed by atoms with van der Waals surface area (Å²) < 4.78 is 33.0. The zero-order valence-corrected chi connectivity index (χ0v) is 16.2. The van der Waals surface area contributed by atoms with E-state index in [0.717, 1.165) is 12.1 Å². The maximum absolute atomic E-state index is 14.0. The standard InChI is InChI=1S/C17H21BrF2N2O3/c1-10-9-21(16(24)25-17(2,3)4)5-6-22(10)15(23)11-7-14(20)12(18)8-13(11)19/h7-8,10H,5-6,9H2,1-4H3/t10-/m0/s1. The van der Waals surface area contributed by atoms with Crippen molar-refractivity contribution >= 4 is 27.9 Å². The van der Waals surface area contributed by atoms with E-state index in [1.165, 1.54) is 9.80 Å². The molecule has 5 nitrogen and oxygen atoms in total. The van der Waals surface area contributed by atoms with Crippen molar-refractivity contribution in [2.75, 3.05) is 19.6 Å². The van der Waals surface area contributed by atoms with Crippen molar-refractivity contribution in [3.63, 3.8) is 0 Å². The van der Waals surface area contributed by atoms with E-state index in [4.69, 9.17) is 4.74 Å². The molecule has 0 N–H and O–H groups in total. The number of carbonyl (C=O) groups excluding carboxylic acids is 2. The third kappa shape index (κ3) is 4.68. The summed E-state index contributed by atoms with van der Waals surface area (Å²) in [4.78, 5) is 27.6.